The van der Waals surface area contributed by atoms with Crippen molar-refractivity contribution in [2.75, 3.05) is 17.1 Å². The third-order valence-corrected chi connectivity index (χ3v) is 8.49. The van der Waals surface area contributed by atoms with E-state index >= 15 is 0 Å². The van der Waals surface area contributed by atoms with Crippen LogP contribution in [-0.2, 0) is 24.7 Å². The van der Waals surface area contributed by atoms with Gasteiger partial charge in [0.15, 0.2) is 9.84 Å². The van der Waals surface area contributed by atoms with Gasteiger partial charge in [-0.05, 0) is 80.8 Å². The highest BCUT2D eigenvalue weighted by Crippen LogP contribution is 2.26. The fourth-order valence-corrected chi connectivity index (χ4v) is 5.79. The molecular weight excluding hydrogens is 484 g/mol. The molecule has 1 amide bonds. The Morgan fingerprint density at radius 2 is 1.31 bits per heavy atom. The van der Waals surface area contributed by atoms with Gasteiger partial charge in [0.2, 0.25) is 5.91 Å². The van der Waals surface area contributed by atoms with Crippen molar-refractivity contribution in [2.24, 2.45) is 0 Å². The molecule has 0 aliphatic heterocycles. The second-order valence-corrected chi connectivity index (χ2v) is 12.7. The van der Waals surface area contributed by atoms with Crippen LogP contribution in [-0.4, -0.2) is 35.5 Å². The van der Waals surface area contributed by atoms with Crippen LogP contribution in [0.4, 0.5) is 5.69 Å². The summed E-state index contributed by atoms with van der Waals surface area (Å²) < 4.78 is 51.7. The summed E-state index contributed by atoms with van der Waals surface area (Å²) in [5.41, 5.74) is 3.79. The standard InChI is InChI=1S/C26H30N2O5S2/c1-18-6-10-25(11-7-18)35(32,33)28(23-15-19(2)14-20(3)16-23)17-26(29)27-21(4)22-8-12-24(13-9-22)34(5,30)31/h6-16,21H,17H2,1-5H3,(H,27,29)/t21-/m1/s1. The van der Waals surface area contributed by atoms with Gasteiger partial charge < -0.3 is 5.32 Å². The Morgan fingerprint density at radius 3 is 1.83 bits per heavy atom. The number of hydrogen-bond donors (Lipinski definition) is 1. The monoisotopic (exact) mass is 514 g/mol. The molecule has 0 fully saturated rings. The van der Waals surface area contributed by atoms with E-state index in [1.54, 1.807) is 43.3 Å². The number of aryl methyl sites for hydroxylation is 3. The van der Waals surface area contributed by atoms with Crippen LogP contribution in [0.2, 0.25) is 0 Å². The van der Waals surface area contributed by atoms with Gasteiger partial charge in [0.1, 0.15) is 6.54 Å². The van der Waals surface area contributed by atoms with Crippen LogP contribution in [0.1, 0.15) is 35.2 Å². The first-order valence-corrected chi connectivity index (χ1v) is 14.4. The molecule has 0 aliphatic carbocycles. The third kappa shape index (κ3) is 6.49. The second-order valence-electron chi connectivity index (χ2n) is 8.80. The molecule has 0 saturated carbocycles. The molecule has 9 heteroatoms. The summed E-state index contributed by atoms with van der Waals surface area (Å²) in [6.45, 7) is 6.95. The van der Waals surface area contributed by atoms with Crippen LogP contribution in [0.15, 0.2) is 76.5 Å². The van der Waals surface area contributed by atoms with E-state index in [-0.39, 0.29) is 9.79 Å². The Balaban J connectivity index is 1.89. The smallest absolute Gasteiger partial charge is 0.264 e. The number of hydrogen-bond acceptors (Lipinski definition) is 5. The number of anilines is 1. The highest BCUT2D eigenvalue weighted by Gasteiger charge is 2.28. The molecule has 0 radical (unpaired) electrons. The van der Waals surface area contributed by atoms with E-state index in [4.69, 9.17) is 0 Å². The SMILES string of the molecule is Cc1ccc(S(=O)(=O)N(CC(=O)N[C@H](C)c2ccc(S(C)(=O)=O)cc2)c2cc(C)cc(C)c2)cc1. The molecule has 3 aromatic carbocycles. The number of carbonyl (C=O) groups is 1. The van der Waals surface area contributed by atoms with Gasteiger partial charge in [-0.2, -0.15) is 0 Å². The number of nitrogens with one attached hydrogen (secondary N) is 1. The largest absolute Gasteiger partial charge is 0.348 e. The van der Waals surface area contributed by atoms with Crippen LogP contribution in [0.25, 0.3) is 0 Å². The Bertz CT molecular complexity index is 1410. The van der Waals surface area contributed by atoms with Crippen molar-refractivity contribution in [3.05, 3.63) is 89.0 Å². The molecule has 0 aliphatic rings. The van der Waals surface area contributed by atoms with Crippen LogP contribution in [0, 0.1) is 20.8 Å². The topological polar surface area (TPSA) is 101 Å². The minimum absolute atomic E-state index is 0.0967. The highest BCUT2D eigenvalue weighted by molar-refractivity contribution is 7.93. The number of sulfonamides is 1. The lowest BCUT2D eigenvalue weighted by Crippen LogP contribution is -2.41. The third-order valence-electron chi connectivity index (χ3n) is 5.58. The van der Waals surface area contributed by atoms with Gasteiger partial charge in [0.05, 0.1) is 21.5 Å². The maximum atomic E-state index is 13.6. The first-order chi connectivity index (χ1) is 16.3. The number of sulfone groups is 1. The van der Waals surface area contributed by atoms with Crippen LogP contribution < -0.4 is 9.62 Å². The predicted molar refractivity (Wildman–Crippen MR) is 138 cm³/mol. The zero-order valence-corrected chi connectivity index (χ0v) is 22.1. The summed E-state index contributed by atoms with van der Waals surface area (Å²) >= 11 is 0. The lowest BCUT2D eigenvalue weighted by Gasteiger charge is -2.26. The van der Waals surface area contributed by atoms with Crippen LogP contribution in [0.3, 0.4) is 0 Å². The van der Waals surface area contributed by atoms with Gasteiger partial charge in [0, 0.05) is 6.26 Å². The molecular formula is C26H30N2O5S2. The normalized spacial score (nSPS) is 12.7. The number of rotatable bonds is 8. The summed E-state index contributed by atoms with van der Waals surface area (Å²) in [6.07, 6.45) is 1.13. The number of amides is 1. The van der Waals surface area contributed by atoms with E-state index in [2.05, 4.69) is 5.32 Å². The molecule has 35 heavy (non-hydrogen) atoms. The van der Waals surface area contributed by atoms with Crippen molar-refractivity contribution in [3.8, 4) is 0 Å². The quantitative estimate of drug-likeness (QED) is 0.488. The second kappa shape index (κ2) is 10.2. The summed E-state index contributed by atoms with van der Waals surface area (Å²) in [5.74, 6) is -0.487. The number of nitrogens with zero attached hydrogens (tertiary/aromatic N) is 1. The zero-order chi connectivity index (χ0) is 26.0. The average molecular weight is 515 g/mol. The van der Waals surface area contributed by atoms with Crippen molar-refractivity contribution < 1.29 is 21.6 Å². The summed E-state index contributed by atoms with van der Waals surface area (Å²) in [4.78, 5) is 13.3. The fraction of sp³-hybridized carbons (Fsp3) is 0.269. The van der Waals surface area contributed by atoms with E-state index in [0.29, 0.717) is 11.3 Å². The molecule has 3 rings (SSSR count). The zero-order valence-electron chi connectivity index (χ0n) is 20.4. The van der Waals surface area contributed by atoms with Crippen LogP contribution >= 0.6 is 0 Å². The van der Waals surface area contributed by atoms with Crippen molar-refractivity contribution in [2.45, 2.75) is 43.5 Å². The maximum absolute atomic E-state index is 13.6. The Hall–Kier alpha value is -3.17. The van der Waals surface area contributed by atoms with Crippen molar-refractivity contribution in [3.63, 3.8) is 0 Å². The fourth-order valence-electron chi connectivity index (χ4n) is 3.75. The molecule has 0 aromatic heterocycles. The Labute approximate surface area is 207 Å². The molecule has 1 N–H and O–H groups in total. The van der Waals surface area contributed by atoms with Gasteiger partial charge >= 0.3 is 0 Å². The summed E-state index contributed by atoms with van der Waals surface area (Å²) in [6, 6.07) is 17.7. The van der Waals surface area contributed by atoms with Gasteiger partial charge in [0.25, 0.3) is 10.0 Å². The highest BCUT2D eigenvalue weighted by atomic mass is 32.2. The van der Waals surface area contributed by atoms with E-state index < -0.39 is 38.4 Å². The molecule has 0 spiro atoms. The molecule has 1 atom stereocenters. The molecule has 0 bridgehead atoms. The van der Waals surface area contributed by atoms with Gasteiger partial charge in [-0.25, -0.2) is 16.8 Å². The van der Waals surface area contributed by atoms with Gasteiger partial charge in [-0.15, -0.1) is 0 Å². The first kappa shape index (κ1) is 26.4. The number of carbonyl (C=O) groups excluding carboxylic acids is 1. The summed E-state index contributed by atoms with van der Waals surface area (Å²) in [7, 11) is -7.34. The molecule has 186 valence electrons. The van der Waals surface area contributed by atoms with Crippen molar-refractivity contribution >= 4 is 31.5 Å². The van der Waals surface area contributed by atoms with Crippen molar-refractivity contribution in [1.82, 2.24) is 5.32 Å². The summed E-state index contributed by atoms with van der Waals surface area (Å²) in [5, 5.41) is 2.82. The van der Waals surface area contributed by atoms with Gasteiger partial charge in [-0.3, -0.25) is 9.10 Å². The molecule has 7 nitrogen and oxygen atoms in total. The van der Waals surface area contributed by atoms with E-state index in [1.165, 1.54) is 24.3 Å². The molecule has 3 aromatic rings. The maximum Gasteiger partial charge on any atom is 0.264 e. The lowest BCUT2D eigenvalue weighted by molar-refractivity contribution is -0.120. The molecule has 0 saturated heterocycles. The van der Waals surface area contributed by atoms with Gasteiger partial charge in [-0.1, -0.05) is 35.9 Å². The minimum atomic E-state index is -4.02. The van der Waals surface area contributed by atoms with E-state index in [1.807, 2.05) is 26.8 Å². The molecule has 0 heterocycles. The molecule has 0 unspecified atom stereocenters. The van der Waals surface area contributed by atoms with E-state index in [0.717, 1.165) is 27.3 Å². The van der Waals surface area contributed by atoms with Crippen molar-refractivity contribution in [1.29, 1.82) is 0 Å². The predicted octanol–water partition coefficient (Wildman–Crippen LogP) is 4.09. The lowest BCUT2D eigenvalue weighted by atomic mass is 10.1. The van der Waals surface area contributed by atoms with Crippen LogP contribution in [0.5, 0.6) is 0 Å². The Morgan fingerprint density at radius 1 is 0.800 bits per heavy atom. The Kier molecular flexibility index (Phi) is 7.71. The first-order valence-electron chi connectivity index (χ1n) is 11.0. The average Bonchev–Trinajstić information content (AvgIpc) is 2.76. The number of benzene rings is 3. The van der Waals surface area contributed by atoms with E-state index in [9.17, 15) is 21.6 Å². The minimum Gasteiger partial charge on any atom is -0.348 e.